The van der Waals surface area contributed by atoms with Crippen molar-refractivity contribution in [2.45, 2.75) is 13.5 Å². The fourth-order valence-electron chi connectivity index (χ4n) is 3.15. The van der Waals surface area contributed by atoms with Crippen LogP contribution in [0.2, 0.25) is 0 Å². The van der Waals surface area contributed by atoms with Crippen molar-refractivity contribution in [2.75, 3.05) is 7.11 Å². The molecule has 7 nitrogen and oxygen atoms in total. The Morgan fingerprint density at radius 2 is 1.93 bits per heavy atom. The lowest BCUT2D eigenvalue weighted by Crippen LogP contribution is -2.35. The van der Waals surface area contributed by atoms with E-state index in [1.165, 1.54) is 24.5 Å². The number of benzene rings is 1. The summed E-state index contributed by atoms with van der Waals surface area (Å²) in [5, 5.41) is 0.466. The molecule has 8 heteroatoms. The molecule has 0 spiro atoms. The van der Waals surface area contributed by atoms with Crippen molar-refractivity contribution in [3.05, 3.63) is 79.7 Å². The number of ether oxygens (including phenoxy) is 1. The van der Waals surface area contributed by atoms with Crippen LogP contribution in [0, 0.1) is 6.92 Å². The third-order valence-electron chi connectivity index (χ3n) is 4.43. The fourth-order valence-corrected chi connectivity index (χ4v) is 4.21. The molecule has 142 valence electrons. The first-order chi connectivity index (χ1) is 13.5. The lowest BCUT2D eigenvalue weighted by atomic mass is 10.0. The van der Waals surface area contributed by atoms with Crippen LogP contribution in [0.15, 0.2) is 56.5 Å². The third kappa shape index (κ3) is 2.97. The van der Waals surface area contributed by atoms with Gasteiger partial charge in [0.1, 0.15) is 10.6 Å². The number of esters is 1. The van der Waals surface area contributed by atoms with E-state index >= 15 is 0 Å². The van der Waals surface area contributed by atoms with Gasteiger partial charge in [-0.25, -0.2) is 9.59 Å². The molecule has 4 aromatic rings. The zero-order chi connectivity index (χ0) is 19.8. The first-order valence-corrected chi connectivity index (χ1v) is 9.30. The van der Waals surface area contributed by atoms with E-state index in [9.17, 15) is 14.4 Å². The molecule has 0 saturated heterocycles. The van der Waals surface area contributed by atoms with Crippen LogP contribution in [0.5, 0.6) is 0 Å². The number of carbonyl (C=O) groups is 1. The van der Waals surface area contributed by atoms with Crippen LogP contribution in [0.1, 0.15) is 21.2 Å². The molecule has 0 aliphatic rings. The van der Waals surface area contributed by atoms with Crippen LogP contribution < -0.4 is 11.2 Å². The Labute approximate surface area is 162 Å². The zero-order valence-corrected chi connectivity index (χ0v) is 16.0. The van der Waals surface area contributed by atoms with E-state index in [0.29, 0.717) is 16.0 Å². The van der Waals surface area contributed by atoms with Gasteiger partial charge in [-0.2, -0.15) is 0 Å². The van der Waals surface area contributed by atoms with Gasteiger partial charge in [-0.3, -0.25) is 14.3 Å². The number of rotatable bonds is 4. The van der Waals surface area contributed by atoms with Gasteiger partial charge in [-0.15, -0.1) is 11.3 Å². The predicted molar refractivity (Wildman–Crippen MR) is 106 cm³/mol. The number of methoxy groups -OCH3 is 1. The highest BCUT2D eigenvalue weighted by atomic mass is 32.1. The molecular weight excluding hydrogens is 380 g/mol. The quantitative estimate of drug-likeness (QED) is 0.535. The summed E-state index contributed by atoms with van der Waals surface area (Å²) >= 11 is 1.37. The summed E-state index contributed by atoms with van der Waals surface area (Å²) in [4.78, 5) is 41.5. The molecule has 0 bridgehead atoms. The normalized spacial score (nSPS) is 11.1. The van der Waals surface area contributed by atoms with Crippen molar-refractivity contribution < 1.29 is 13.9 Å². The summed E-state index contributed by atoms with van der Waals surface area (Å²) in [6.07, 6.45) is 0. The topological polar surface area (TPSA) is 94.3 Å². The number of furan rings is 1. The second-order valence-corrected chi connectivity index (χ2v) is 7.41. The first kappa shape index (κ1) is 18.0. The van der Waals surface area contributed by atoms with Crippen LogP contribution in [0.4, 0.5) is 0 Å². The molecule has 1 N–H and O–H groups in total. The molecule has 0 saturated carbocycles. The Hall–Kier alpha value is -3.39. The number of aromatic nitrogens is 2. The number of hydrogen-bond donors (Lipinski definition) is 1. The summed E-state index contributed by atoms with van der Waals surface area (Å²) in [5.74, 6) is -0.303. The summed E-state index contributed by atoms with van der Waals surface area (Å²) in [6, 6.07) is 12.6. The third-order valence-corrected chi connectivity index (χ3v) is 5.45. The van der Waals surface area contributed by atoms with Gasteiger partial charge in [0.05, 0.1) is 19.0 Å². The number of hydrogen-bond acceptors (Lipinski definition) is 6. The van der Waals surface area contributed by atoms with Crippen LogP contribution in [-0.4, -0.2) is 22.6 Å². The predicted octanol–water partition coefficient (Wildman–Crippen LogP) is 3.15. The van der Waals surface area contributed by atoms with Gasteiger partial charge in [0, 0.05) is 10.4 Å². The highest BCUT2D eigenvalue weighted by Gasteiger charge is 2.19. The van der Waals surface area contributed by atoms with E-state index < -0.39 is 17.2 Å². The maximum atomic E-state index is 13.2. The average molecular weight is 396 g/mol. The molecule has 0 aliphatic heterocycles. The van der Waals surface area contributed by atoms with Crippen molar-refractivity contribution in [3.63, 3.8) is 0 Å². The Morgan fingerprint density at radius 3 is 2.64 bits per heavy atom. The number of thiophene rings is 1. The molecule has 0 radical (unpaired) electrons. The van der Waals surface area contributed by atoms with Gasteiger partial charge in [-0.1, -0.05) is 30.3 Å². The number of aryl methyl sites for hydroxylation is 1. The minimum atomic E-state index is -0.622. The van der Waals surface area contributed by atoms with E-state index in [2.05, 4.69) is 9.72 Å². The zero-order valence-electron chi connectivity index (χ0n) is 15.1. The van der Waals surface area contributed by atoms with E-state index in [4.69, 9.17) is 4.42 Å². The summed E-state index contributed by atoms with van der Waals surface area (Å²) in [7, 11) is 1.25. The Kier molecular flexibility index (Phi) is 4.48. The Morgan fingerprint density at radius 1 is 1.18 bits per heavy atom. The van der Waals surface area contributed by atoms with Gasteiger partial charge in [-0.05, 0) is 24.6 Å². The van der Waals surface area contributed by atoms with Gasteiger partial charge in [0.25, 0.3) is 5.56 Å². The van der Waals surface area contributed by atoms with Gasteiger partial charge in [0.15, 0.2) is 0 Å². The maximum Gasteiger partial charge on any atom is 0.373 e. The van der Waals surface area contributed by atoms with E-state index in [1.807, 2.05) is 37.3 Å². The molecule has 3 aromatic heterocycles. The highest BCUT2D eigenvalue weighted by molar-refractivity contribution is 7.19. The molecule has 28 heavy (non-hydrogen) atoms. The summed E-state index contributed by atoms with van der Waals surface area (Å²) in [6.45, 7) is 1.83. The molecular formula is C20H16N2O5S. The number of aromatic amines is 1. The van der Waals surface area contributed by atoms with Crippen molar-refractivity contribution in [3.8, 4) is 11.1 Å². The first-order valence-electron chi connectivity index (χ1n) is 8.48. The second-order valence-electron chi connectivity index (χ2n) is 6.18. The number of H-pyrrole nitrogens is 1. The molecule has 1 aromatic carbocycles. The molecule has 0 aliphatic carbocycles. The van der Waals surface area contributed by atoms with Crippen LogP contribution in [-0.2, 0) is 11.3 Å². The smallest absolute Gasteiger partial charge is 0.373 e. The van der Waals surface area contributed by atoms with Gasteiger partial charge in [0.2, 0.25) is 5.76 Å². The van der Waals surface area contributed by atoms with Crippen molar-refractivity contribution in [2.24, 2.45) is 0 Å². The van der Waals surface area contributed by atoms with E-state index in [1.54, 1.807) is 6.07 Å². The summed E-state index contributed by atoms with van der Waals surface area (Å²) < 4.78 is 11.1. The van der Waals surface area contributed by atoms with Crippen LogP contribution in [0.25, 0.3) is 21.3 Å². The van der Waals surface area contributed by atoms with Crippen molar-refractivity contribution in [1.82, 2.24) is 9.55 Å². The lowest BCUT2D eigenvalue weighted by molar-refractivity contribution is 0.0563. The minimum absolute atomic E-state index is 0.0133. The molecule has 0 amide bonds. The van der Waals surface area contributed by atoms with E-state index in [-0.39, 0.29) is 12.3 Å². The Bertz CT molecular complexity index is 1290. The van der Waals surface area contributed by atoms with E-state index in [0.717, 1.165) is 20.6 Å². The number of carbonyl (C=O) groups excluding carboxylic acids is 1. The molecule has 0 fully saturated rings. The van der Waals surface area contributed by atoms with Crippen molar-refractivity contribution in [1.29, 1.82) is 0 Å². The minimum Gasteiger partial charge on any atom is -0.463 e. The fraction of sp³-hybridized carbons (Fsp3) is 0.150. The maximum absolute atomic E-state index is 13.2. The number of fused-ring (bicyclic) bond motifs is 1. The highest BCUT2D eigenvalue weighted by Crippen LogP contribution is 2.34. The molecule has 0 atom stereocenters. The standard InChI is InChI=1S/C20H16N2O5S/c1-11-15(12-6-4-3-5-7-12)16-17(28-11)21-20(25)22(18(16)23)10-13-8-9-14(27-13)19(24)26-2/h3-9H,10H2,1-2H3,(H,21,25). The second kappa shape index (κ2) is 6.97. The summed E-state index contributed by atoms with van der Waals surface area (Å²) in [5.41, 5.74) is 0.783. The molecule has 4 rings (SSSR count). The van der Waals surface area contributed by atoms with Crippen LogP contribution >= 0.6 is 11.3 Å². The lowest BCUT2D eigenvalue weighted by Gasteiger charge is -2.05. The van der Waals surface area contributed by atoms with Gasteiger partial charge < -0.3 is 9.15 Å². The number of nitrogens with one attached hydrogen (secondary N) is 1. The Balaban J connectivity index is 1.86. The largest absolute Gasteiger partial charge is 0.463 e. The SMILES string of the molecule is COC(=O)c1ccc(Cn2c(=O)[nH]c3sc(C)c(-c4ccccc4)c3c2=O)o1. The van der Waals surface area contributed by atoms with Crippen molar-refractivity contribution >= 4 is 27.5 Å². The average Bonchev–Trinajstić information content (AvgIpc) is 3.29. The molecule has 0 unspecified atom stereocenters. The number of nitrogens with zero attached hydrogens (tertiary/aromatic N) is 1. The molecule has 3 heterocycles. The van der Waals surface area contributed by atoms with Gasteiger partial charge >= 0.3 is 11.7 Å². The monoisotopic (exact) mass is 396 g/mol. The van der Waals surface area contributed by atoms with Crippen LogP contribution in [0.3, 0.4) is 0 Å².